The first-order valence-electron chi connectivity index (χ1n) is 4.77. The highest BCUT2D eigenvalue weighted by Gasteiger charge is 2.04. The maximum Gasteiger partial charge on any atom is 0.271 e. The van der Waals surface area contributed by atoms with E-state index in [0.29, 0.717) is 11.3 Å². The number of rotatable bonds is 2. The molecular formula is C10H10N6O. The van der Waals surface area contributed by atoms with Crippen molar-refractivity contribution in [2.75, 3.05) is 5.32 Å². The Morgan fingerprint density at radius 3 is 3.00 bits per heavy atom. The van der Waals surface area contributed by atoms with E-state index in [0.717, 1.165) is 0 Å². The summed E-state index contributed by atoms with van der Waals surface area (Å²) < 4.78 is 0. The Labute approximate surface area is 96.2 Å². The number of nitrogens with one attached hydrogen (secondary N) is 3. The first-order chi connectivity index (χ1) is 8.16. The molecule has 2 rings (SSSR count). The highest BCUT2D eigenvalue weighted by molar-refractivity contribution is 5.90. The van der Waals surface area contributed by atoms with Gasteiger partial charge in [-0.2, -0.15) is 0 Å². The zero-order valence-electron chi connectivity index (χ0n) is 8.77. The lowest BCUT2D eigenvalue weighted by molar-refractivity contribution is 1.16. The van der Waals surface area contributed by atoms with Crippen LogP contribution < -0.4 is 16.6 Å². The van der Waals surface area contributed by atoms with E-state index in [2.05, 4.69) is 20.3 Å². The molecule has 2 heterocycles. The first-order valence-corrected chi connectivity index (χ1v) is 4.77. The predicted octanol–water partition coefficient (Wildman–Crippen LogP) is 0.137. The molecule has 0 saturated heterocycles. The SMILES string of the molecule is N=C(N)Nc1cc(-c2ccncn2)c[nH]c1=O. The number of guanidine groups is 1. The van der Waals surface area contributed by atoms with Crippen molar-refractivity contribution in [2.24, 2.45) is 5.73 Å². The topological polar surface area (TPSA) is 121 Å². The number of anilines is 1. The third-order valence-electron chi connectivity index (χ3n) is 2.05. The summed E-state index contributed by atoms with van der Waals surface area (Å²) in [5, 5.41) is 9.55. The molecule has 0 unspecified atom stereocenters. The summed E-state index contributed by atoms with van der Waals surface area (Å²) in [6, 6.07) is 3.29. The molecule has 86 valence electrons. The summed E-state index contributed by atoms with van der Waals surface area (Å²) in [5.41, 5.74) is 6.40. The van der Waals surface area contributed by atoms with E-state index in [1.165, 1.54) is 12.5 Å². The van der Waals surface area contributed by atoms with Gasteiger partial charge in [-0.3, -0.25) is 10.2 Å². The van der Waals surface area contributed by atoms with Crippen LogP contribution in [0.5, 0.6) is 0 Å². The number of nitrogens with two attached hydrogens (primary N) is 1. The molecule has 0 spiro atoms. The molecule has 0 radical (unpaired) electrons. The number of nitrogens with zero attached hydrogens (tertiary/aromatic N) is 2. The fourth-order valence-electron chi connectivity index (χ4n) is 1.33. The molecule has 0 aliphatic carbocycles. The van der Waals surface area contributed by atoms with Crippen LogP contribution in [0.4, 0.5) is 5.69 Å². The van der Waals surface area contributed by atoms with Gasteiger partial charge >= 0.3 is 0 Å². The summed E-state index contributed by atoms with van der Waals surface area (Å²) >= 11 is 0. The zero-order chi connectivity index (χ0) is 12.3. The molecule has 17 heavy (non-hydrogen) atoms. The van der Waals surface area contributed by atoms with Crippen molar-refractivity contribution in [1.82, 2.24) is 15.0 Å². The molecule has 2 aromatic heterocycles. The second-order valence-corrected chi connectivity index (χ2v) is 3.26. The molecule has 0 atom stereocenters. The van der Waals surface area contributed by atoms with E-state index in [9.17, 15) is 4.79 Å². The fraction of sp³-hybridized carbons (Fsp3) is 0. The Morgan fingerprint density at radius 2 is 2.35 bits per heavy atom. The van der Waals surface area contributed by atoms with E-state index in [1.807, 2.05) is 0 Å². The molecule has 0 aromatic carbocycles. The number of aromatic nitrogens is 3. The van der Waals surface area contributed by atoms with Crippen LogP contribution in [0.1, 0.15) is 0 Å². The van der Waals surface area contributed by atoms with Gasteiger partial charge in [0.15, 0.2) is 5.96 Å². The minimum Gasteiger partial charge on any atom is -0.370 e. The van der Waals surface area contributed by atoms with E-state index in [4.69, 9.17) is 11.1 Å². The molecule has 0 aliphatic rings. The van der Waals surface area contributed by atoms with Gasteiger partial charge in [0.2, 0.25) is 0 Å². The number of hydrogen-bond donors (Lipinski definition) is 4. The summed E-state index contributed by atoms with van der Waals surface area (Å²) in [6.45, 7) is 0. The van der Waals surface area contributed by atoms with Gasteiger partial charge in [0, 0.05) is 18.0 Å². The summed E-state index contributed by atoms with van der Waals surface area (Å²) in [4.78, 5) is 21.8. The van der Waals surface area contributed by atoms with Crippen LogP contribution in [0.15, 0.2) is 35.6 Å². The van der Waals surface area contributed by atoms with E-state index in [-0.39, 0.29) is 17.2 Å². The van der Waals surface area contributed by atoms with E-state index < -0.39 is 0 Å². The molecule has 0 bridgehead atoms. The maximum atomic E-state index is 11.4. The Morgan fingerprint density at radius 1 is 1.53 bits per heavy atom. The number of hydrogen-bond acceptors (Lipinski definition) is 4. The van der Waals surface area contributed by atoms with Crippen molar-refractivity contribution in [3.05, 3.63) is 41.2 Å². The van der Waals surface area contributed by atoms with Crippen molar-refractivity contribution < 1.29 is 0 Å². The van der Waals surface area contributed by atoms with Gasteiger partial charge in [-0.25, -0.2) is 9.97 Å². The van der Waals surface area contributed by atoms with E-state index in [1.54, 1.807) is 18.3 Å². The van der Waals surface area contributed by atoms with Crippen molar-refractivity contribution >= 4 is 11.6 Å². The maximum absolute atomic E-state index is 11.4. The molecule has 7 nitrogen and oxygen atoms in total. The van der Waals surface area contributed by atoms with Crippen LogP contribution in [0, 0.1) is 5.41 Å². The number of pyridine rings is 1. The molecule has 7 heteroatoms. The molecule has 0 amide bonds. The predicted molar refractivity (Wildman–Crippen MR) is 63.6 cm³/mol. The zero-order valence-corrected chi connectivity index (χ0v) is 8.77. The highest BCUT2D eigenvalue weighted by Crippen LogP contribution is 2.15. The molecule has 0 saturated carbocycles. The Bertz CT molecular complexity index is 591. The standard InChI is InChI=1S/C10H10N6O/c11-10(12)16-8-3-6(4-14-9(8)17)7-1-2-13-5-15-7/h1-5H,(H,14,17)(H4,11,12,16). The van der Waals surface area contributed by atoms with Crippen LogP contribution in [-0.4, -0.2) is 20.9 Å². The van der Waals surface area contributed by atoms with Crippen LogP contribution in [0.3, 0.4) is 0 Å². The van der Waals surface area contributed by atoms with Crippen LogP contribution >= 0.6 is 0 Å². The Kier molecular flexibility index (Phi) is 2.82. The average molecular weight is 230 g/mol. The van der Waals surface area contributed by atoms with Crippen LogP contribution in [0.25, 0.3) is 11.3 Å². The van der Waals surface area contributed by atoms with Crippen molar-refractivity contribution in [3.8, 4) is 11.3 Å². The lowest BCUT2D eigenvalue weighted by atomic mass is 10.2. The molecule has 0 fully saturated rings. The van der Waals surface area contributed by atoms with Gasteiger partial charge in [0.25, 0.3) is 5.56 Å². The van der Waals surface area contributed by atoms with Crippen molar-refractivity contribution in [1.29, 1.82) is 5.41 Å². The van der Waals surface area contributed by atoms with Gasteiger partial charge < -0.3 is 16.0 Å². The average Bonchev–Trinajstić information content (AvgIpc) is 2.32. The second-order valence-electron chi connectivity index (χ2n) is 3.26. The fourth-order valence-corrected chi connectivity index (χ4v) is 1.33. The number of aromatic amines is 1. The summed E-state index contributed by atoms with van der Waals surface area (Å²) in [7, 11) is 0. The van der Waals surface area contributed by atoms with E-state index >= 15 is 0 Å². The summed E-state index contributed by atoms with van der Waals surface area (Å²) in [5.74, 6) is -0.296. The minimum absolute atomic E-state index is 0.202. The van der Waals surface area contributed by atoms with Crippen molar-refractivity contribution in [3.63, 3.8) is 0 Å². The highest BCUT2D eigenvalue weighted by atomic mass is 16.1. The summed E-state index contributed by atoms with van der Waals surface area (Å²) in [6.07, 6.45) is 4.56. The monoisotopic (exact) mass is 230 g/mol. The normalized spacial score (nSPS) is 9.88. The minimum atomic E-state index is -0.349. The Hall–Kier alpha value is -2.70. The van der Waals surface area contributed by atoms with Gasteiger partial charge in [-0.05, 0) is 12.1 Å². The third-order valence-corrected chi connectivity index (χ3v) is 2.05. The molecule has 0 aliphatic heterocycles. The van der Waals surface area contributed by atoms with Crippen LogP contribution in [-0.2, 0) is 0 Å². The first kappa shape index (κ1) is 10.8. The lowest BCUT2D eigenvalue weighted by Gasteiger charge is -2.05. The lowest BCUT2D eigenvalue weighted by Crippen LogP contribution is -2.25. The molecule has 5 N–H and O–H groups in total. The molecule has 2 aromatic rings. The smallest absolute Gasteiger partial charge is 0.271 e. The van der Waals surface area contributed by atoms with Gasteiger partial charge in [-0.15, -0.1) is 0 Å². The molecular weight excluding hydrogens is 220 g/mol. The second kappa shape index (κ2) is 4.44. The van der Waals surface area contributed by atoms with Gasteiger partial charge in [0.1, 0.15) is 12.0 Å². The van der Waals surface area contributed by atoms with Gasteiger partial charge in [0.05, 0.1) is 5.69 Å². The quantitative estimate of drug-likeness (QED) is 0.432. The third kappa shape index (κ3) is 2.46. The number of H-pyrrole nitrogens is 1. The largest absolute Gasteiger partial charge is 0.370 e. The van der Waals surface area contributed by atoms with Gasteiger partial charge in [-0.1, -0.05) is 0 Å². The van der Waals surface area contributed by atoms with Crippen LogP contribution in [0.2, 0.25) is 0 Å². The van der Waals surface area contributed by atoms with Crippen molar-refractivity contribution in [2.45, 2.75) is 0 Å². The Balaban J connectivity index is 2.44.